The van der Waals surface area contributed by atoms with Crippen LogP contribution in [0.2, 0.25) is 0 Å². The number of anilines is 1. The first-order chi connectivity index (χ1) is 18.3. The molecule has 3 aromatic rings. The number of amides is 2. The molecule has 38 heavy (non-hydrogen) atoms. The van der Waals surface area contributed by atoms with Gasteiger partial charge >= 0.3 is 0 Å². The molecule has 1 unspecified atom stereocenters. The molecule has 1 aliphatic rings. The third-order valence-corrected chi connectivity index (χ3v) is 8.82. The maximum Gasteiger partial charge on any atom is 0.251 e. The van der Waals surface area contributed by atoms with Crippen LogP contribution in [0.3, 0.4) is 0 Å². The lowest BCUT2D eigenvalue weighted by Crippen LogP contribution is -2.44. The van der Waals surface area contributed by atoms with Crippen molar-refractivity contribution in [1.29, 1.82) is 5.26 Å². The van der Waals surface area contributed by atoms with Gasteiger partial charge in [0.1, 0.15) is 12.3 Å². The van der Waals surface area contributed by atoms with Crippen molar-refractivity contribution < 1.29 is 14.7 Å². The van der Waals surface area contributed by atoms with Gasteiger partial charge in [0.2, 0.25) is 5.91 Å². The number of hydrogen-bond donors (Lipinski definition) is 3. The molecule has 0 bridgehead atoms. The molecule has 9 nitrogen and oxygen atoms in total. The highest BCUT2D eigenvalue weighted by atomic mass is 127. The zero-order valence-electron chi connectivity index (χ0n) is 20.6. The first-order valence-corrected chi connectivity index (χ1v) is 14.9. The highest BCUT2D eigenvalue weighted by Gasteiger charge is 2.24. The number of halogens is 2. The van der Waals surface area contributed by atoms with E-state index >= 15 is 0 Å². The van der Waals surface area contributed by atoms with Crippen molar-refractivity contribution >= 4 is 73.5 Å². The molecular formula is C26H26I2N6O3S. The number of carbonyl (C=O) groups is 2. The molecular weight excluding hydrogens is 730 g/mol. The van der Waals surface area contributed by atoms with Gasteiger partial charge in [0.25, 0.3) is 5.91 Å². The van der Waals surface area contributed by atoms with Crippen molar-refractivity contribution in [2.75, 3.05) is 51.2 Å². The molecule has 198 valence electrons. The largest absolute Gasteiger partial charge is 0.506 e. The summed E-state index contributed by atoms with van der Waals surface area (Å²) in [5.41, 5.74) is 2.92. The normalized spacial score (nSPS) is 14.5. The van der Waals surface area contributed by atoms with E-state index in [1.54, 1.807) is 35.6 Å². The first-order valence-electron chi connectivity index (χ1n) is 11.9. The number of rotatable bonds is 8. The summed E-state index contributed by atoms with van der Waals surface area (Å²) in [6.45, 7) is 3.86. The third-order valence-electron chi connectivity index (χ3n) is 6.28. The summed E-state index contributed by atoms with van der Waals surface area (Å²) >= 11 is 5.62. The molecule has 1 atom stereocenters. The van der Waals surface area contributed by atoms with Crippen LogP contribution < -0.4 is 15.5 Å². The second-order valence-corrected chi connectivity index (χ2v) is 12.0. The summed E-state index contributed by atoms with van der Waals surface area (Å²) < 4.78 is 1.20. The van der Waals surface area contributed by atoms with E-state index in [-0.39, 0.29) is 30.7 Å². The fourth-order valence-electron chi connectivity index (χ4n) is 4.03. The molecule has 0 spiro atoms. The second-order valence-electron chi connectivity index (χ2n) is 8.85. The number of phenols is 1. The maximum atomic E-state index is 12.9. The molecule has 0 radical (unpaired) electrons. The van der Waals surface area contributed by atoms with Crippen molar-refractivity contribution in [3.8, 4) is 23.1 Å². The molecule has 2 aromatic carbocycles. The summed E-state index contributed by atoms with van der Waals surface area (Å²) in [5.74, 6) is -1.27. The van der Waals surface area contributed by atoms with Crippen LogP contribution in [0.15, 0.2) is 41.8 Å². The monoisotopic (exact) mass is 756 g/mol. The van der Waals surface area contributed by atoms with E-state index in [2.05, 4.69) is 27.5 Å². The van der Waals surface area contributed by atoms with Gasteiger partial charge in [-0.15, -0.1) is 11.3 Å². The average Bonchev–Trinajstić information content (AvgIpc) is 3.41. The van der Waals surface area contributed by atoms with Gasteiger partial charge in [0, 0.05) is 49.2 Å². The Hall–Kier alpha value is -2.48. The van der Waals surface area contributed by atoms with Gasteiger partial charge in [-0.1, -0.05) is 12.1 Å². The Bertz CT molecular complexity index is 1330. The number of hydrogen-bond acceptors (Lipinski definition) is 8. The van der Waals surface area contributed by atoms with Gasteiger partial charge in [-0.2, -0.15) is 5.26 Å². The lowest BCUT2D eigenvalue weighted by Gasteiger charge is -2.32. The second kappa shape index (κ2) is 13.0. The first kappa shape index (κ1) is 28.5. The molecule has 12 heteroatoms. The Labute approximate surface area is 252 Å². The van der Waals surface area contributed by atoms with Crippen LogP contribution in [0.5, 0.6) is 5.75 Å². The fraction of sp³-hybridized carbons (Fsp3) is 0.308. The van der Waals surface area contributed by atoms with Crippen LogP contribution in [0.4, 0.5) is 5.13 Å². The van der Waals surface area contributed by atoms with Gasteiger partial charge in [-0.25, -0.2) is 4.98 Å². The lowest BCUT2D eigenvalue weighted by molar-refractivity contribution is -0.122. The number of nitrogens with one attached hydrogen (secondary N) is 2. The summed E-state index contributed by atoms with van der Waals surface area (Å²) in [6.07, 6.45) is 0. The molecule has 1 fully saturated rings. The standard InChI is InChI=1S/C26H26I2N6O3S/c1-33-8-10-34(11-9-33)26-32-22(15-38-26)16-2-4-17(5-3-16)24(36)31-14-19(25(37)30-7-6-29)18-12-20(27)23(35)21(28)13-18/h2-5,12-13,15,19,35H,7-11,14H2,1H3,(H,30,37)(H,31,36). The number of likely N-dealkylation sites (N-methyl/N-ethyl adjacent to an activating group) is 1. The third kappa shape index (κ3) is 6.93. The quantitative estimate of drug-likeness (QED) is 0.237. The molecule has 2 amide bonds. The van der Waals surface area contributed by atoms with E-state index < -0.39 is 5.92 Å². The maximum absolute atomic E-state index is 12.9. The SMILES string of the molecule is CN1CCN(c2nc(-c3ccc(C(=O)NCC(C(=O)NCC#N)c4cc(I)c(O)c(I)c4)cc3)cs2)CC1. The van der Waals surface area contributed by atoms with Crippen molar-refractivity contribution in [2.24, 2.45) is 0 Å². The molecule has 1 aromatic heterocycles. The van der Waals surface area contributed by atoms with E-state index in [1.165, 1.54) is 0 Å². The molecule has 0 aliphatic carbocycles. The molecule has 3 N–H and O–H groups in total. The summed E-state index contributed by atoms with van der Waals surface area (Å²) in [5, 5.41) is 27.4. The van der Waals surface area contributed by atoms with Gasteiger partial charge in [-0.3, -0.25) is 9.59 Å². The van der Waals surface area contributed by atoms with Crippen LogP contribution in [0.1, 0.15) is 21.8 Å². The van der Waals surface area contributed by atoms with Gasteiger partial charge in [0.15, 0.2) is 5.13 Å². The lowest BCUT2D eigenvalue weighted by atomic mass is 9.97. The fourth-order valence-corrected chi connectivity index (χ4v) is 6.73. The van der Waals surface area contributed by atoms with Crippen LogP contribution in [-0.4, -0.2) is 73.1 Å². The van der Waals surface area contributed by atoms with Crippen LogP contribution >= 0.6 is 56.5 Å². The Kier molecular flexibility index (Phi) is 9.80. The number of nitriles is 1. The average molecular weight is 756 g/mol. The zero-order valence-corrected chi connectivity index (χ0v) is 25.7. The number of thiazole rings is 1. The Balaban J connectivity index is 1.43. The highest BCUT2D eigenvalue weighted by molar-refractivity contribution is 14.1. The molecule has 2 heterocycles. The zero-order chi connectivity index (χ0) is 27.2. The smallest absolute Gasteiger partial charge is 0.251 e. The van der Waals surface area contributed by atoms with Crippen LogP contribution in [-0.2, 0) is 4.79 Å². The Morgan fingerprint density at radius 1 is 1.13 bits per heavy atom. The Morgan fingerprint density at radius 2 is 1.79 bits per heavy atom. The summed E-state index contributed by atoms with van der Waals surface area (Å²) in [7, 11) is 2.13. The molecule has 4 rings (SSSR count). The number of phenolic OH excluding ortho intramolecular Hbond substituents is 1. The van der Waals surface area contributed by atoms with E-state index in [0.717, 1.165) is 42.6 Å². The van der Waals surface area contributed by atoms with Crippen molar-refractivity contribution in [1.82, 2.24) is 20.5 Å². The number of benzene rings is 2. The van der Waals surface area contributed by atoms with Gasteiger partial charge < -0.3 is 25.5 Å². The Morgan fingerprint density at radius 3 is 2.42 bits per heavy atom. The minimum atomic E-state index is -0.725. The summed E-state index contributed by atoms with van der Waals surface area (Å²) in [6, 6.07) is 12.6. The van der Waals surface area contributed by atoms with E-state index in [1.807, 2.05) is 68.8 Å². The van der Waals surface area contributed by atoms with Crippen LogP contribution in [0.25, 0.3) is 11.3 Å². The molecule has 1 aliphatic heterocycles. The molecule has 1 saturated heterocycles. The van der Waals surface area contributed by atoms with Crippen molar-refractivity contribution in [3.05, 3.63) is 60.0 Å². The number of piperazine rings is 1. The highest BCUT2D eigenvalue weighted by Crippen LogP contribution is 2.31. The van der Waals surface area contributed by atoms with E-state index in [9.17, 15) is 14.7 Å². The number of aromatic hydroxyl groups is 1. The van der Waals surface area contributed by atoms with Gasteiger partial charge in [0.05, 0.1) is 24.8 Å². The number of carbonyl (C=O) groups excluding carboxylic acids is 2. The van der Waals surface area contributed by atoms with E-state index in [4.69, 9.17) is 10.2 Å². The summed E-state index contributed by atoms with van der Waals surface area (Å²) in [4.78, 5) is 35.1. The number of aromatic nitrogens is 1. The molecule has 0 saturated carbocycles. The minimum absolute atomic E-state index is 0.0370. The predicted molar refractivity (Wildman–Crippen MR) is 164 cm³/mol. The van der Waals surface area contributed by atoms with E-state index in [0.29, 0.717) is 18.3 Å². The topological polar surface area (TPSA) is 122 Å². The van der Waals surface area contributed by atoms with Crippen molar-refractivity contribution in [3.63, 3.8) is 0 Å². The van der Waals surface area contributed by atoms with Crippen LogP contribution in [0, 0.1) is 18.5 Å². The van der Waals surface area contributed by atoms with Gasteiger partial charge in [-0.05, 0) is 82.1 Å². The number of nitrogens with zero attached hydrogens (tertiary/aromatic N) is 4. The minimum Gasteiger partial charge on any atom is -0.506 e. The van der Waals surface area contributed by atoms with Crippen molar-refractivity contribution in [2.45, 2.75) is 5.92 Å². The predicted octanol–water partition coefficient (Wildman–Crippen LogP) is 3.63.